The lowest BCUT2D eigenvalue weighted by atomic mass is 9.98. The standard InChI is InChI=1S/C18H21F2N5O2/c1-3-22-17-14(15(16(19)20)27-18(26)24-17)11(2)12-5-4-6-13(23-12)25-9-7-21-8-10-25/h3-6,15-16,21H,1,7-10H2,2H3,(H,22,24,26)/b14-11+. The molecule has 2 aliphatic heterocycles. The predicted octanol–water partition coefficient (Wildman–Crippen LogP) is 2.18. The molecule has 0 bridgehead atoms. The summed E-state index contributed by atoms with van der Waals surface area (Å²) in [6, 6.07) is 5.45. The fraction of sp³-hybridized carbons (Fsp3) is 0.389. The van der Waals surface area contributed by atoms with Crippen LogP contribution in [0.25, 0.3) is 5.57 Å². The van der Waals surface area contributed by atoms with Crippen LogP contribution in [0.4, 0.5) is 19.4 Å². The summed E-state index contributed by atoms with van der Waals surface area (Å²) in [5.74, 6) is 0.768. The lowest BCUT2D eigenvalue weighted by Gasteiger charge is -2.30. The average molecular weight is 377 g/mol. The number of rotatable bonds is 4. The first-order chi connectivity index (χ1) is 13.0. The SMILES string of the molecule is C=CN=C1NC(=O)OC(C(F)F)/C1=C(/C)c1cccc(N2CCNCC2)n1. The van der Waals surface area contributed by atoms with Crippen LogP contribution in [-0.4, -0.2) is 55.6 Å². The minimum Gasteiger partial charge on any atom is -0.435 e. The van der Waals surface area contributed by atoms with E-state index in [2.05, 4.69) is 32.1 Å². The summed E-state index contributed by atoms with van der Waals surface area (Å²) in [5, 5.41) is 5.63. The summed E-state index contributed by atoms with van der Waals surface area (Å²) in [7, 11) is 0. The molecule has 1 aromatic heterocycles. The molecule has 0 radical (unpaired) electrons. The van der Waals surface area contributed by atoms with Crippen molar-refractivity contribution in [1.82, 2.24) is 15.6 Å². The number of allylic oxidation sites excluding steroid dienone is 1. The minimum absolute atomic E-state index is 0.00146. The Morgan fingerprint density at radius 2 is 2.19 bits per heavy atom. The second-order valence-electron chi connectivity index (χ2n) is 6.10. The smallest absolute Gasteiger partial charge is 0.413 e. The summed E-state index contributed by atoms with van der Waals surface area (Å²) >= 11 is 0. The second-order valence-corrected chi connectivity index (χ2v) is 6.10. The number of carbonyl (C=O) groups is 1. The van der Waals surface area contributed by atoms with Gasteiger partial charge in [0.2, 0.25) is 0 Å². The Morgan fingerprint density at radius 1 is 1.44 bits per heavy atom. The van der Waals surface area contributed by atoms with E-state index < -0.39 is 18.6 Å². The van der Waals surface area contributed by atoms with Crippen molar-refractivity contribution < 1.29 is 18.3 Å². The molecule has 144 valence electrons. The number of amides is 1. The van der Waals surface area contributed by atoms with E-state index in [4.69, 9.17) is 4.74 Å². The molecule has 0 aliphatic carbocycles. The quantitative estimate of drug-likeness (QED) is 0.841. The first-order valence-corrected chi connectivity index (χ1v) is 8.60. The van der Waals surface area contributed by atoms with Crippen LogP contribution in [-0.2, 0) is 4.74 Å². The van der Waals surface area contributed by atoms with Gasteiger partial charge in [-0.05, 0) is 24.6 Å². The first-order valence-electron chi connectivity index (χ1n) is 8.60. The van der Waals surface area contributed by atoms with Crippen LogP contribution in [0.2, 0.25) is 0 Å². The van der Waals surface area contributed by atoms with Gasteiger partial charge < -0.3 is 15.0 Å². The third-order valence-electron chi connectivity index (χ3n) is 4.41. The van der Waals surface area contributed by atoms with Crippen LogP contribution >= 0.6 is 0 Å². The van der Waals surface area contributed by atoms with Crippen molar-refractivity contribution in [1.29, 1.82) is 0 Å². The van der Waals surface area contributed by atoms with E-state index in [1.54, 1.807) is 13.0 Å². The zero-order chi connectivity index (χ0) is 19.4. The van der Waals surface area contributed by atoms with Gasteiger partial charge in [-0.1, -0.05) is 12.6 Å². The number of pyridine rings is 1. The van der Waals surface area contributed by atoms with E-state index in [1.165, 1.54) is 6.20 Å². The molecule has 2 aliphatic rings. The number of aliphatic imine (C=N–C) groups is 1. The highest BCUT2D eigenvalue weighted by atomic mass is 19.3. The van der Waals surface area contributed by atoms with E-state index in [-0.39, 0.29) is 11.4 Å². The number of hydrogen-bond acceptors (Lipinski definition) is 6. The maximum Gasteiger partial charge on any atom is 0.413 e. The van der Waals surface area contributed by atoms with Gasteiger partial charge in [0.25, 0.3) is 6.43 Å². The third-order valence-corrected chi connectivity index (χ3v) is 4.41. The van der Waals surface area contributed by atoms with Crippen LogP contribution < -0.4 is 15.5 Å². The van der Waals surface area contributed by atoms with Crippen molar-refractivity contribution >= 4 is 23.3 Å². The highest BCUT2D eigenvalue weighted by Gasteiger charge is 2.38. The normalized spacial score (nSPS) is 23.9. The Kier molecular flexibility index (Phi) is 5.80. The number of alkyl carbamates (subject to hydrolysis) is 1. The molecular formula is C18H21F2N5O2. The Labute approximate surface area is 155 Å². The number of nitrogens with one attached hydrogen (secondary N) is 2. The number of anilines is 1. The van der Waals surface area contributed by atoms with E-state index in [1.807, 2.05) is 12.1 Å². The number of amidine groups is 1. The zero-order valence-electron chi connectivity index (χ0n) is 14.9. The molecule has 2 fully saturated rings. The van der Waals surface area contributed by atoms with Crippen molar-refractivity contribution in [2.45, 2.75) is 19.5 Å². The average Bonchev–Trinajstić information content (AvgIpc) is 2.68. The van der Waals surface area contributed by atoms with Crippen LogP contribution in [0.1, 0.15) is 12.6 Å². The number of halogens is 2. The summed E-state index contributed by atoms with van der Waals surface area (Å²) in [4.78, 5) is 22.3. The topological polar surface area (TPSA) is 78.8 Å². The molecule has 1 atom stereocenters. The molecule has 2 N–H and O–H groups in total. The first kappa shape index (κ1) is 19.0. The zero-order valence-corrected chi connectivity index (χ0v) is 14.9. The molecule has 0 spiro atoms. The Bertz CT molecular complexity index is 788. The van der Waals surface area contributed by atoms with Crippen LogP contribution in [0.3, 0.4) is 0 Å². The number of cyclic esters (lactones) is 1. The molecule has 0 aromatic carbocycles. The van der Waals surface area contributed by atoms with Gasteiger partial charge in [0, 0.05) is 38.0 Å². The molecule has 0 saturated carbocycles. The maximum absolute atomic E-state index is 13.5. The van der Waals surface area contributed by atoms with Gasteiger partial charge in [0.1, 0.15) is 11.7 Å². The van der Waals surface area contributed by atoms with Crippen LogP contribution in [0, 0.1) is 0 Å². The molecule has 27 heavy (non-hydrogen) atoms. The Hall–Kier alpha value is -2.81. The Balaban J connectivity index is 2.04. The van der Waals surface area contributed by atoms with Crippen molar-refractivity contribution in [2.24, 2.45) is 4.99 Å². The molecule has 1 aromatic rings. The van der Waals surface area contributed by atoms with E-state index >= 15 is 0 Å². The largest absolute Gasteiger partial charge is 0.435 e. The lowest BCUT2D eigenvalue weighted by Crippen LogP contribution is -2.47. The lowest BCUT2D eigenvalue weighted by molar-refractivity contribution is 0.00249. The van der Waals surface area contributed by atoms with Gasteiger partial charge in [0.05, 0.1) is 5.69 Å². The van der Waals surface area contributed by atoms with Gasteiger partial charge in [-0.3, -0.25) is 5.32 Å². The summed E-state index contributed by atoms with van der Waals surface area (Å²) in [5.41, 5.74) is 1.07. The van der Waals surface area contributed by atoms with Crippen molar-refractivity contribution in [3.63, 3.8) is 0 Å². The number of piperazine rings is 1. The Morgan fingerprint density at radius 3 is 2.85 bits per heavy atom. The molecule has 1 amide bonds. The highest BCUT2D eigenvalue weighted by Crippen LogP contribution is 2.29. The highest BCUT2D eigenvalue weighted by molar-refractivity contribution is 6.13. The van der Waals surface area contributed by atoms with Gasteiger partial charge in [-0.15, -0.1) is 0 Å². The van der Waals surface area contributed by atoms with Crippen molar-refractivity contribution in [3.05, 3.63) is 42.2 Å². The summed E-state index contributed by atoms with van der Waals surface area (Å²) in [6.07, 6.45) is -4.41. The molecule has 1 unspecified atom stereocenters. The molecular weight excluding hydrogens is 356 g/mol. The van der Waals surface area contributed by atoms with Crippen LogP contribution in [0.15, 0.2) is 41.5 Å². The van der Waals surface area contributed by atoms with Crippen molar-refractivity contribution in [3.8, 4) is 0 Å². The van der Waals surface area contributed by atoms with Gasteiger partial charge in [-0.25, -0.2) is 23.6 Å². The molecule has 3 rings (SSSR count). The monoisotopic (exact) mass is 377 g/mol. The number of hydrogen-bond donors (Lipinski definition) is 2. The summed E-state index contributed by atoms with van der Waals surface area (Å²) in [6.45, 7) is 8.47. The van der Waals surface area contributed by atoms with E-state index in [0.29, 0.717) is 11.3 Å². The van der Waals surface area contributed by atoms with Gasteiger partial charge in [0.15, 0.2) is 6.10 Å². The molecule has 7 nitrogen and oxygen atoms in total. The number of carbonyl (C=O) groups excluding carboxylic acids is 1. The third kappa shape index (κ3) is 4.13. The number of aromatic nitrogens is 1. The molecule has 3 heterocycles. The predicted molar refractivity (Wildman–Crippen MR) is 99.0 cm³/mol. The number of ether oxygens (including phenoxy) is 1. The summed E-state index contributed by atoms with van der Waals surface area (Å²) < 4.78 is 31.9. The van der Waals surface area contributed by atoms with E-state index in [0.717, 1.165) is 32.0 Å². The number of alkyl halides is 2. The fourth-order valence-corrected chi connectivity index (χ4v) is 3.10. The van der Waals surface area contributed by atoms with Gasteiger partial charge in [-0.2, -0.15) is 0 Å². The maximum atomic E-state index is 13.5. The molecule has 9 heteroatoms. The van der Waals surface area contributed by atoms with Crippen LogP contribution in [0.5, 0.6) is 0 Å². The fourth-order valence-electron chi connectivity index (χ4n) is 3.10. The minimum atomic E-state index is -2.90. The van der Waals surface area contributed by atoms with E-state index in [9.17, 15) is 13.6 Å². The van der Waals surface area contributed by atoms with Gasteiger partial charge >= 0.3 is 6.09 Å². The second kappa shape index (κ2) is 8.26. The van der Waals surface area contributed by atoms with Crippen molar-refractivity contribution in [2.75, 3.05) is 31.1 Å². The molecule has 2 saturated heterocycles. The number of nitrogens with zero attached hydrogens (tertiary/aromatic N) is 3.